The zero-order chi connectivity index (χ0) is 20.3. The molecule has 0 saturated heterocycles. The zero-order valence-corrected chi connectivity index (χ0v) is 19.0. The predicted octanol–water partition coefficient (Wildman–Crippen LogP) is 8.25. The van der Waals surface area contributed by atoms with Gasteiger partial charge in [-0.2, -0.15) is 0 Å². The molecular formula is C25H48O2. The topological polar surface area (TPSA) is 26.3 Å². The summed E-state index contributed by atoms with van der Waals surface area (Å²) in [4.78, 5) is 11.9. The molecule has 2 nitrogen and oxygen atoms in total. The van der Waals surface area contributed by atoms with Crippen LogP contribution >= 0.6 is 0 Å². The maximum Gasteiger partial charge on any atom is 0.333 e. The minimum atomic E-state index is -0.177. The van der Waals surface area contributed by atoms with Crippen LogP contribution in [0.1, 0.15) is 124 Å². The Labute approximate surface area is 170 Å². The fourth-order valence-corrected chi connectivity index (χ4v) is 3.33. The van der Waals surface area contributed by atoms with E-state index < -0.39 is 0 Å². The molecule has 0 rings (SSSR count). The standard InChI is InChI=1S/C25H48O2/c1-22(2)18-14-10-7-6-8-12-16-20-24(5)25(26)27-21-17-13-9-11-15-19-23(3)4/h22-23H,5-21H2,1-4H3. The number of carbonyl (C=O) groups is 1. The first-order valence-corrected chi connectivity index (χ1v) is 11.8. The predicted molar refractivity (Wildman–Crippen MR) is 119 cm³/mol. The number of hydrogen-bond donors (Lipinski definition) is 0. The van der Waals surface area contributed by atoms with Crippen LogP contribution in [0.2, 0.25) is 0 Å². The van der Waals surface area contributed by atoms with Gasteiger partial charge in [-0.15, -0.1) is 0 Å². The van der Waals surface area contributed by atoms with Gasteiger partial charge in [0.25, 0.3) is 0 Å². The lowest BCUT2D eigenvalue weighted by Gasteiger charge is -2.08. The minimum absolute atomic E-state index is 0.177. The molecule has 0 bridgehead atoms. The van der Waals surface area contributed by atoms with Crippen LogP contribution in [0.5, 0.6) is 0 Å². The van der Waals surface area contributed by atoms with Crippen LogP contribution in [0.25, 0.3) is 0 Å². The van der Waals surface area contributed by atoms with Crippen molar-refractivity contribution < 1.29 is 9.53 Å². The van der Waals surface area contributed by atoms with E-state index >= 15 is 0 Å². The third-order valence-corrected chi connectivity index (χ3v) is 5.21. The molecule has 0 N–H and O–H groups in total. The van der Waals surface area contributed by atoms with Gasteiger partial charge in [0, 0.05) is 5.57 Å². The highest BCUT2D eigenvalue weighted by molar-refractivity contribution is 5.87. The summed E-state index contributed by atoms with van der Waals surface area (Å²) >= 11 is 0. The van der Waals surface area contributed by atoms with Crippen molar-refractivity contribution in [3.05, 3.63) is 12.2 Å². The Morgan fingerprint density at radius 3 is 1.56 bits per heavy atom. The molecule has 0 aromatic carbocycles. The van der Waals surface area contributed by atoms with E-state index in [9.17, 15) is 4.79 Å². The third kappa shape index (κ3) is 19.8. The van der Waals surface area contributed by atoms with Crippen molar-refractivity contribution in [1.29, 1.82) is 0 Å². The maximum atomic E-state index is 11.9. The first kappa shape index (κ1) is 26.2. The zero-order valence-electron chi connectivity index (χ0n) is 19.0. The number of esters is 1. The van der Waals surface area contributed by atoms with Gasteiger partial charge in [-0.25, -0.2) is 4.79 Å². The smallest absolute Gasteiger partial charge is 0.333 e. The molecule has 0 aliphatic rings. The quantitative estimate of drug-likeness (QED) is 0.128. The molecule has 0 fully saturated rings. The molecule has 0 spiro atoms. The van der Waals surface area contributed by atoms with Crippen LogP contribution in [0.3, 0.4) is 0 Å². The van der Waals surface area contributed by atoms with Gasteiger partial charge in [0.1, 0.15) is 0 Å². The minimum Gasteiger partial charge on any atom is -0.462 e. The van der Waals surface area contributed by atoms with Crippen LogP contribution in [0.15, 0.2) is 12.2 Å². The van der Waals surface area contributed by atoms with E-state index in [1.807, 2.05) is 0 Å². The SMILES string of the molecule is C=C(CCCCCCCCCC(C)C)C(=O)OCCCCCCCC(C)C. The molecule has 0 unspecified atom stereocenters. The molecule has 0 aliphatic carbocycles. The molecule has 0 saturated carbocycles. The van der Waals surface area contributed by atoms with Crippen molar-refractivity contribution in [3.8, 4) is 0 Å². The molecular weight excluding hydrogens is 332 g/mol. The van der Waals surface area contributed by atoms with Crippen LogP contribution < -0.4 is 0 Å². The van der Waals surface area contributed by atoms with E-state index in [0.717, 1.165) is 37.5 Å². The summed E-state index contributed by atoms with van der Waals surface area (Å²) in [5.74, 6) is 1.47. The summed E-state index contributed by atoms with van der Waals surface area (Å²) in [7, 11) is 0. The van der Waals surface area contributed by atoms with Gasteiger partial charge < -0.3 is 4.74 Å². The molecule has 0 aromatic heterocycles. The van der Waals surface area contributed by atoms with E-state index in [-0.39, 0.29) is 5.97 Å². The lowest BCUT2D eigenvalue weighted by atomic mass is 10.0. The van der Waals surface area contributed by atoms with Gasteiger partial charge in [-0.3, -0.25) is 0 Å². The van der Waals surface area contributed by atoms with Gasteiger partial charge in [-0.1, -0.05) is 111 Å². The van der Waals surface area contributed by atoms with Crippen LogP contribution in [-0.4, -0.2) is 12.6 Å². The number of unbranched alkanes of at least 4 members (excludes halogenated alkanes) is 10. The molecule has 0 heterocycles. The van der Waals surface area contributed by atoms with Gasteiger partial charge >= 0.3 is 5.97 Å². The molecule has 0 aromatic rings. The van der Waals surface area contributed by atoms with Crippen molar-refractivity contribution in [2.24, 2.45) is 11.8 Å². The van der Waals surface area contributed by atoms with E-state index in [2.05, 4.69) is 34.3 Å². The second-order valence-corrected chi connectivity index (χ2v) is 9.10. The van der Waals surface area contributed by atoms with E-state index in [4.69, 9.17) is 4.74 Å². The normalized spacial score (nSPS) is 11.3. The van der Waals surface area contributed by atoms with E-state index in [0.29, 0.717) is 12.2 Å². The molecule has 160 valence electrons. The summed E-state index contributed by atoms with van der Waals surface area (Å²) < 4.78 is 5.35. The first-order chi connectivity index (χ1) is 12.9. The Hall–Kier alpha value is -0.790. The van der Waals surface area contributed by atoms with Gasteiger partial charge in [0.15, 0.2) is 0 Å². The summed E-state index contributed by atoms with van der Waals surface area (Å²) in [5.41, 5.74) is 0.656. The molecule has 0 radical (unpaired) electrons. The molecule has 27 heavy (non-hydrogen) atoms. The highest BCUT2D eigenvalue weighted by Gasteiger charge is 2.08. The largest absolute Gasteiger partial charge is 0.462 e. The van der Waals surface area contributed by atoms with Gasteiger partial charge in [0.2, 0.25) is 0 Å². The Morgan fingerprint density at radius 2 is 1.07 bits per heavy atom. The highest BCUT2D eigenvalue weighted by atomic mass is 16.5. The molecule has 0 atom stereocenters. The monoisotopic (exact) mass is 380 g/mol. The van der Waals surface area contributed by atoms with Gasteiger partial charge in [-0.05, 0) is 31.1 Å². The summed E-state index contributed by atoms with van der Waals surface area (Å²) in [5, 5.41) is 0. The highest BCUT2D eigenvalue weighted by Crippen LogP contribution is 2.15. The summed E-state index contributed by atoms with van der Waals surface area (Å²) in [6.07, 6.45) is 18.5. The van der Waals surface area contributed by atoms with Crippen LogP contribution in [-0.2, 0) is 9.53 Å². The van der Waals surface area contributed by atoms with Crippen molar-refractivity contribution >= 4 is 5.97 Å². The second-order valence-electron chi connectivity index (χ2n) is 9.10. The Bertz CT molecular complexity index is 357. The van der Waals surface area contributed by atoms with Crippen molar-refractivity contribution in [1.82, 2.24) is 0 Å². The fourth-order valence-electron chi connectivity index (χ4n) is 3.33. The van der Waals surface area contributed by atoms with E-state index in [1.165, 1.54) is 70.6 Å². The number of carbonyl (C=O) groups excluding carboxylic acids is 1. The average molecular weight is 381 g/mol. The second kappa shape index (κ2) is 18.6. The van der Waals surface area contributed by atoms with Crippen molar-refractivity contribution in [3.63, 3.8) is 0 Å². The fraction of sp³-hybridized carbons (Fsp3) is 0.880. The Balaban J connectivity index is 3.38. The molecule has 0 aliphatic heterocycles. The molecule has 2 heteroatoms. The summed E-state index contributed by atoms with van der Waals surface area (Å²) in [6.45, 7) is 13.6. The molecule has 0 amide bonds. The Morgan fingerprint density at radius 1 is 0.667 bits per heavy atom. The summed E-state index contributed by atoms with van der Waals surface area (Å²) in [6, 6.07) is 0. The number of ether oxygens (including phenoxy) is 1. The average Bonchev–Trinajstić information content (AvgIpc) is 2.61. The van der Waals surface area contributed by atoms with Gasteiger partial charge in [0.05, 0.1) is 6.61 Å². The van der Waals surface area contributed by atoms with Crippen LogP contribution in [0, 0.1) is 11.8 Å². The lowest BCUT2D eigenvalue weighted by molar-refractivity contribution is -0.139. The first-order valence-electron chi connectivity index (χ1n) is 11.8. The van der Waals surface area contributed by atoms with Crippen LogP contribution in [0.4, 0.5) is 0 Å². The van der Waals surface area contributed by atoms with Crippen molar-refractivity contribution in [2.45, 2.75) is 124 Å². The Kier molecular flexibility index (Phi) is 18.0. The van der Waals surface area contributed by atoms with Crippen molar-refractivity contribution in [2.75, 3.05) is 6.61 Å². The number of rotatable bonds is 19. The number of hydrogen-bond acceptors (Lipinski definition) is 2. The van der Waals surface area contributed by atoms with E-state index in [1.54, 1.807) is 0 Å². The lowest BCUT2D eigenvalue weighted by Crippen LogP contribution is -2.08. The third-order valence-electron chi connectivity index (χ3n) is 5.21. The maximum absolute atomic E-state index is 11.9.